The van der Waals surface area contributed by atoms with Crippen LogP contribution in [-0.2, 0) is 4.74 Å². The Kier molecular flexibility index (Phi) is 9.12. The summed E-state index contributed by atoms with van der Waals surface area (Å²) in [6.45, 7) is 12.2. The molecule has 0 amide bonds. The van der Waals surface area contributed by atoms with Crippen LogP contribution in [0.3, 0.4) is 0 Å². The Morgan fingerprint density at radius 3 is 2.57 bits per heavy atom. The number of nitrogens with one attached hydrogen (secondary N) is 2. The summed E-state index contributed by atoms with van der Waals surface area (Å²) in [6.07, 6.45) is 8.13. The summed E-state index contributed by atoms with van der Waals surface area (Å²) in [7, 11) is 3.40. The van der Waals surface area contributed by atoms with Gasteiger partial charge in [0.1, 0.15) is 17.3 Å². The van der Waals surface area contributed by atoms with Gasteiger partial charge in [-0.1, -0.05) is 26.8 Å². The number of H-pyrrole nitrogens is 1. The number of hydrogen-bond acceptors (Lipinski definition) is 5. The topological polar surface area (TPSA) is 71.5 Å². The van der Waals surface area contributed by atoms with Crippen LogP contribution in [0.2, 0.25) is 0 Å². The molecule has 0 unspecified atom stereocenters. The number of aliphatic imine (C=N–C) groups is 1. The quantitative estimate of drug-likeness (QED) is 0.651. The van der Waals surface area contributed by atoms with Crippen molar-refractivity contribution in [2.45, 2.75) is 47.5 Å². The van der Waals surface area contributed by atoms with Crippen LogP contribution in [0.5, 0.6) is 5.75 Å². The van der Waals surface area contributed by atoms with Gasteiger partial charge in [-0.3, -0.25) is 0 Å². The third-order valence-electron chi connectivity index (χ3n) is 4.79. The number of methoxy groups -OCH3 is 2. The van der Waals surface area contributed by atoms with Gasteiger partial charge in [-0.25, -0.2) is 9.98 Å². The molecule has 0 saturated heterocycles. The van der Waals surface area contributed by atoms with Crippen LogP contribution < -0.4 is 10.1 Å². The molecular formula is C24H36N4O2. The maximum atomic E-state index is 5.64. The zero-order valence-electron chi connectivity index (χ0n) is 19.4. The van der Waals surface area contributed by atoms with E-state index in [1.807, 2.05) is 12.3 Å². The molecule has 0 radical (unpaired) electrons. The predicted molar refractivity (Wildman–Crippen MR) is 126 cm³/mol. The van der Waals surface area contributed by atoms with E-state index in [1.165, 1.54) is 0 Å². The highest BCUT2D eigenvalue weighted by Crippen LogP contribution is 2.33. The van der Waals surface area contributed by atoms with Crippen molar-refractivity contribution in [2.24, 2.45) is 10.9 Å². The molecule has 0 aliphatic carbocycles. The maximum Gasteiger partial charge on any atom is 0.147 e. The molecule has 164 valence electrons. The number of aromatic nitrogens is 2. The number of fused-ring (bicyclic) bond motifs is 1. The van der Waals surface area contributed by atoms with Gasteiger partial charge in [-0.05, 0) is 44.2 Å². The highest BCUT2D eigenvalue weighted by atomic mass is 16.5. The summed E-state index contributed by atoms with van der Waals surface area (Å²) in [5.41, 5.74) is 6.07. The van der Waals surface area contributed by atoms with Crippen molar-refractivity contribution in [1.82, 2.24) is 15.3 Å². The summed E-state index contributed by atoms with van der Waals surface area (Å²) < 4.78 is 10.3. The Morgan fingerprint density at radius 1 is 1.23 bits per heavy atom. The maximum absolute atomic E-state index is 5.64. The SMILES string of the molecule is CCCOC.CCNC1=C(c2nc3c(C)c[nH]c3cc2OC)CC=CC(C(C)C)=N1. The van der Waals surface area contributed by atoms with E-state index >= 15 is 0 Å². The van der Waals surface area contributed by atoms with Gasteiger partial charge in [0.05, 0.1) is 18.1 Å². The van der Waals surface area contributed by atoms with Crippen LogP contribution in [0.1, 0.15) is 51.8 Å². The summed E-state index contributed by atoms with van der Waals surface area (Å²) >= 11 is 0. The van der Waals surface area contributed by atoms with Crippen molar-refractivity contribution >= 4 is 22.3 Å². The fourth-order valence-corrected chi connectivity index (χ4v) is 3.21. The Morgan fingerprint density at radius 2 is 2.00 bits per heavy atom. The van der Waals surface area contributed by atoms with Gasteiger partial charge in [0.15, 0.2) is 0 Å². The number of pyridine rings is 1. The molecular weight excluding hydrogens is 376 g/mol. The second kappa shape index (κ2) is 11.6. The molecule has 0 saturated carbocycles. The Bertz CT molecular complexity index is 921. The molecule has 3 heterocycles. The number of ether oxygens (including phenoxy) is 2. The molecule has 0 aromatic carbocycles. The summed E-state index contributed by atoms with van der Waals surface area (Å²) in [4.78, 5) is 13.0. The normalized spacial score (nSPS) is 13.8. The van der Waals surface area contributed by atoms with Gasteiger partial charge < -0.3 is 19.8 Å². The molecule has 0 atom stereocenters. The van der Waals surface area contributed by atoms with Crippen LogP contribution in [-0.4, -0.2) is 43.1 Å². The van der Waals surface area contributed by atoms with E-state index < -0.39 is 0 Å². The van der Waals surface area contributed by atoms with E-state index in [4.69, 9.17) is 19.5 Å². The van der Waals surface area contributed by atoms with Crippen molar-refractivity contribution in [1.29, 1.82) is 0 Å². The Hall–Kier alpha value is -2.60. The summed E-state index contributed by atoms with van der Waals surface area (Å²) in [5.74, 6) is 2.01. The minimum atomic E-state index is 0.369. The van der Waals surface area contributed by atoms with Crippen molar-refractivity contribution < 1.29 is 9.47 Å². The van der Waals surface area contributed by atoms with Gasteiger partial charge >= 0.3 is 0 Å². The summed E-state index contributed by atoms with van der Waals surface area (Å²) in [6, 6.07) is 2.02. The molecule has 0 bridgehead atoms. The average molecular weight is 413 g/mol. The largest absolute Gasteiger partial charge is 0.494 e. The highest BCUT2D eigenvalue weighted by Gasteiger charge is 2.19. The lowest BCUT2D eigenvalue weighted by atomic mass is 10.1. The van der Waals surface area contributed by atoms with Crippen LogP contribution in [0.15, 0.2) is 35.2 Å². The molecule has 2 aromatic rings. The zero-order valence-corrected chi connectivity index (χ0v) is 19.4. The van der Waals surface area contributed by atoms with Gasteiger partial charge in [0.2, 0.25) is 0 Å². The number of aromatic amines is 1. The van der Waals surface area contributed by atoms with Crippen molar-refractivity contribution in [3.05, 3.63) is 41.5 Å². The Labute approximate surface area is 180 Å². The van der Waals surface area contributed by atoms with E-state index in [0.29, 0.717) is 5.92 Å². The van der Waals surface area contributed by atoms with Crippen LogP contribution in [0, 0.1) is 12.8 Å². The number of aryl methyl sites for hydroxylation is 1. The van der Waals surface area contributed by atoms with Crippen molar-refractivity contribution in [2.75, 3.05) is 27.4 Å². The second-order valence-electron chi connectivity index (χ2n) is 7.56. The molecule has 1 aliphatic heterocycles. The molecule has 6 heteroatoms. The van der Waals surface area contributed by atoms with E-state index in [2.05, 4.69) is 57.1 Å². The lowest BCUT2D eigenvalue weighted by molar-refractivity contribution is 0.199. The highest BCUT2D eigenvalue weighted by molar-refractivity contribution is 5.98. The molecule has 3 rings (SSSR count). The number of hydrogen-bond donors (Lipinski definition) is 2. The lowest BCUT2D eigenvalue weighted by Gasteiger charge is -2.15. The first-order chi connectivity index (χ1) is 14.5. The molecule has 0 fully saturated rings. The predicted octanol–water partition coefficient (Wildman–Crippen LogP) is 5.26. The van der Waals surface area contributed by atoms with Crippen molar-refractivity contribution in [3.63, 3.8) is 0 Å². The van der Waals surface area contributed by atoms with E-state index in [9.17, 15) is 0 Å². The summed E-state index contributed by atoms with van der Waals surface area (Å²) in [5, 5.41) is 3.41. The molecule has 1 aliphatic rings. The molecule has 2 N–H and O–H groups in total. The van der Waals surface area contributed by atoms with Crippen LogP contribution in [0.25, 0.3) is 16.6 Å². The van der Waals surface area contributed by atoms with Gasteiger partial charge in [-0.15, -0.1) is 0 Å². The first-order valence-corrected chi connectivity index (χ1v) is 10.7. The number of allylic oxidation sites excluding steroid dienone is 3. The molecule has 2 aromatic heterocycles. The third kappa shape index (κ3) is 5.72. The smallest absolute Gasteiger partial charge is 0.147 e. The standard InChI is InChI=1S/C20H26N4O.C4H10O/c1-6-21-20-14(8-7-9-15(23-20)12(2)3)19-17(25-5)10-16-18(24-19)13(4)11-22-16;1-3-4-5-2/h7,9-12,21-22H,6,8H2,1-5H3;3-4H2,1-2H3. The Balaban J connectivity index is 0.000000575. The minimum Gasteiger partial charge on any atom is -0.494 e. The fourth-order valence-electron chi connectivity index (χ4n) is 3.21. The number of nitrogens with zero attached hydrogens (tertiary/aromatic N) is 2. The van der Waals surface area contributed by atoms with Gasteiger partial charge in [-0.2, -0.15) is 0 Å². The van der Waals surface area contributed by atoms with Crippen LogP contribution in [0.4, 0.5) is 0 Å². The molecule has 6 nitrogen and oxygen atoms in total. The number of rotatable bonds is 7. The van der Waals surface area contributed by atoms with Crippen molar-refractivity contribution in [3.8, 4) is 5.75 Å². The first kappa shape index (κ1) is 23.7. The second-order valence-corrected chi connectivity index (χ2v) is 7.56. The van der Waals surface area contributed by atoms with Gasteiger partial charge in [0.25, 0.3) is 0 Å². The fraction of sp³-hybridized carbons (Fsp3) is 0.500. The zero-order chi connectivity index (χ0) is 22.1. The van der Waals surface area contributed by atoms with E-state index in [1.54, 1.807) is 14.2 Å². The monoisotopic (exact) mass is 412 g/mol. The average Bonchev–Trinajstić information content (AvgIpc) is 2.96. The first-order valence-electron chi connectivity index (χ1n) is 10.7. The lowest BCUT2D eigenvalue weighted by Crippen LogP contribution is -2.15. The molecule has 0 spiro atoms. The molecule has 30 heavy (non-hydrogen) atoms. The minimum absolute atomic E-state index is 0.369. The van der Waals surface area contributed by atoms with E-state index in [0.717, 1.165) is 71.1 Å². The third-order valence-corrected chi connectivity index (χ3v) is 4.79. The van der Waals surface area contributed by atoms with Gasteiger partial charge in [0, 0.05) is 43.8 Å². The van der Waals surface area contributed by atoms with E-state index in [-0.39, 0.29) is 0 Å². The van der Waals surface area contributed by atoms with Crippen LogP contribution >= 0.6 is 0 Å².